The number of benzene rings is 2. The Hall–Kier alpha value is -3.72. The minimum atomic E-state index is -0.890. The summed E-state index contributed by atoms with van der Waals surface area (Å²) in [6.07, 6.45) is 0.171. The summed E-state index contributed by atoms with van der Waals surface area (Å²) < 4.78 is 6.08. The highest BCUT2D eigenvalue weighted by molar-refractivity contribution is 6.05. The molecule has 1 atom stereocenters. The van der Waals surface area contributed by atoms with Crippen LogP contribution in [0, 0.1) is 0 Å². The third-order valence-corrected chi connectivity index (χ3v) is 6.54. The van der Waals surface area contributed by atoms with Gasteiger partial charge in [0.25, 0.3) is 17.7 Å². The van der Waals surface area contributed by atoms with Crippen LogP contribution in [0.25, 0.3) is 0 Å². The maximum absolute atomic E-state index is 13.1. The van der Waals surface area contributed by atoms with Gasteiger partial charge in [-0.2, -0.15) is 0 Å². The first-order valence-corrected chi connectivity index (χ1v) is 11.8. The van der Waals surface area contributed by atoms with E-state index in [2.05, 4.69) is 35.7 Å². The molecule has 1 saturated heterocycles. The van der Waals surface area contributed by atoms with Crippen LogP contribution in [-0.2, 0) is 38.9 Å². The van der Waals surface area contributed by atoms with Gasteiger partial charge in [-0.1, -0.05) is 44.2 Å². The number of imide groups is 1. The van der Waals surface area contributed by atoms with Crippen molar-refractivity contribution in [3.8, 4) is 5.75 Å². The number of hydrogen-bond acceptors (Lipinski definition) is 7. The molecule has 1 fully saturated rings. The van der Waals surface area contributed by atoms with Crippen LogP contribution in [0.4, 0.5) is 0 Å². The number of hydroxylamine groups is 2. The van der Waals surface area contributed by atoms with Gasteiger partial charge in [-0.15, -0.1) is 5.06 Å². The van der Waals surface area contributed by atoms with Crippen molar-refractivity contribution in [2.75, 3.05) is 13.1 Å². The lowest BCUT2D eigenvalue weighted by Crippen LogP contribution is -2.54. The summed E-state index contributed by atoms with van der Waals surface area (Å²) in [5.41, 5.74) is 3.41. The van der Waals surface area contributed by atoms with Crippen molar-refractivity contribution in [2.24, 2.45) is 0 Å². The molecule has 0 N–H and O–H groups in total. The number of carbonyl (C=O) groups excluding carboxylic acids is 4. The van der Waals surface area contributed by atoms with Crippen molar-refractivity contribution in [3.63, 3.8) is 0 Å². The molecule has 9 nitrogen and oxygen atoms in total. The van der Waals surface area contributed by atoms with E-state index in [1.54, 1.807) is 18.2 Å². The highest BCUT2D eigenvalue weighted by Crippen LogP contribution is 2.34. The summed E-state index contributed by atoms with van der Waals surface area (Å²) in [4.78, 5) is 56.8. The van der Waals surface area contributed by atoms with Crippen LogP contribution >= 0.6 is 0 Å². The summed E-state index contributed by atoms with van der Waals surface area (Å²) >= 11 is 0. The molecule has 0 aliphatic carbocycles. The zero-order valence-corrected chi connectivity index (χ0v) is 19.9. The monoisotopic (exact) mass is 479 g/mol. The molecule has 0 aromatic heterocycles. The smallest absolute Gasteiger partial charge is 0.321 e. The maximum Gasteiger partial charge on any atom is 0.321 e. The first-order chi connectivity index (χ1) is 17.0. The molecular weight excluding hydrogens is 450 g/mol. The Morgan fingerprint density at radius 2 is 1.74 bits per heavy atom. The fourth-order valence-corrected chi connectivity index (χ4v) is 4.51. The van der Waals surface area contributed by atoms with E-state index in [1.807, 2.05) is 12.1 Å². The predicted molar refractivity (Wildman–Crippen MR) is 126 cm³/mol. The summed E-state index contributed by atoms with van der Waals surface area (Å²) in [5.74, 6) is -1.06. The summed E-state index contributed by atoms with van der Waals surface area (Å²) in [5, 5.41) is 0.443. The maximum atomic E-state index is 13.1. The number of nitrogens with zero attached hydrogens (tertiary/aromatic N) is 3. The number of fused-ring (bicyclic) bond motifs is 1. The quantitative estimate of drug-likeness (QED) is 0.382. The van der Waals surface area contributed by atoms with Gasteiger partial charge >= 0.3 is 6.47 Å². The zero-order chi connectivity index (χ0) is 24.9. The predicted octanol–water partition coefficient (Wildman–Crippen LogP) is 2.67. The van der Waals surface area contributed by atoms with Crippen molar-refractivity contribution in [1.29, 1.82) is 0 Å². The highest BCUT2D eigenvalue weighted by Gasteiger charge is 2.44. The summed E-state index contributed by atoms with van der Waals surface area (Å²) in [6, 6.07) is 12.6. The molecule has 9 heteroatoms. The molecule has 1 unspecified atom stereocenters. The fourth-order valence-electron chi connectivity index (χ4n) is 4.51. The van der Waals surface area contributed by atoms with E-state index >= 15 is 0 Å². The lowest BCUT2D eigenvalue weighted by molar-refractivity contribution is -0.200. The molecule has 35 heavy (non-hydrogen) atoms. The molecule has 2 aliphatic heterocycles. The summed E-state index contributed by atoms with van der Waals surface area (Å²) in [7, 11) is 0. The van der Waals surface area contributed by atoms with Crippen molar-refractivity contribution >= 4 is 24.2 Å². The number of piperidine rings is 1. The standard InChI is InChI=1S/C26H29N3O6/c1-3-27(4-2)14-18-8-10-19(11-9-18)16-34-23-7-5-6-20-21(23)15-28(25(20)32)22-12-13-24(31)29(26(22)33)35-17-30/h5-11,17,22H,3-4,12-16H2,1-2H3. The third kappa shape index (κ3) is 5.05. The molecule has 0 bridgehead atoms. The summed E-state index contributed by atoms with van der Waals surface area (Å²) in [6.45, 7) is 7.74. The molecule has 184 valence electrons. The van der Waals surface area contributed by atoms with Gasteiger partial charge in [-0.25, -0.2) is 0 Å². The van der Waals surface area contributed by atoms with E-state index in [9.17, 15) is 19.2 Å². The van der Waals surface area contributed by atoms with Crippen molar-refractivity contribution in [1.82, 2.24) is 14.9 Å². The van der Waals surface area contributed by atoms with Crippen molar-refractivity contribution in [2.45, 2.75) is 52.4 Å². The molecule has 2 aliphatic rings. The van der Waals surface area contributed by atoms with Crippen LogP contribution < -0.4 is 4.74 Å². The van der Waals surface area contributed by atoms with Crippen molar-refractivity contribution in [3.05, 3.63) is 64.7 Å². The second kappa shape index (κ2) is 10.7. The first-order valence-electron chi connectivity index (χ1n) is 11.8. The fraction of sp³-hybridized carbons (Fsp3) is 0.385. The average Bonchev–Trinajstić information content (AvgIpc) is 3.21. The van der Waals surface area contributed by atoms with Gasteiger partial charge in [0.05, 0.1) is 6.54 Å². The number of amides is 3. The minimum absolute atomic E-state index is 0.00199. The van der Waals surface area contributed by atoms with Crippen LogP contribution in [0.2, 0.25) is 0 Å². The van der Waals surface area contributed by atoms with Crippen LogP contribution in [0.1, 0.15) is 53.7 Å². The molecule has 2 heterocycles. The van der Waals surface area contributed by atoms with E-state index in [4.69, 9.17) is 4.74 Å². The Morgan fingerprint density at radius 1 is 1.03 bits per heavy atom. The van der Waals surface area contributed by atoms with Crippen LogP contribution in [0.3, 0.4) is 0 Å². The molecule has 0 saturated carbocycles. The Morgan fingerprint density at radius 3 is 2.43 bits per heavy atom. The molecule has 0 spiro atoms. The Kier molecular flexibility index (Phi) is 7.45. The Bertz CT molecular complexity index is 1110. The molecule has 3 amide bonds. The normalized spacial score (nSPS) is 17.7. The Balaban J connectivity index is 1.44. The van der Waals surface area contributed by atoms with Crippen molar-refractivity contribution < 1.29 is 28.8 Å². The zero-order valence-electron chi connectivity index (χ0n) is 19.9. The molecular formula is C26H29N3O6. The van der Waals surface area contributed by atoms with Gasteiger partial charge in [0.15, 0.2) is 0 Å². The number of hydrogen-bond donors (Lipinski definition) is 0. The lowest BCUT2D eigenvalue weighted by Gasteiger charge is -2.33. The van der Waals surface area contributed by atoms with Gasteiger partial charge in [0, 0.05) is 24.1 Å². The van der Waals surface area contributed by atoms with E-state index < -0.39 is 17.9 Å². The molecule has 2 aromatic carbocycles. The van der Waals surface area contributed by atoms with Gasteiger partial charge < -0.3 is 14.5 Å². The lowest BCUT2D eigenvalue weighted by atomic mass is 10.0. The topological polar surface area (TPSA) is 96.5 Å². The highest BCUT2D eigenvalue weighted by atomic mass is 16.7. The second-order valence-corrected chi connectivity index (χ2v) is 8.56. The first kappa shape index (κ1) is 24.4. The number of carbonyl (C=O) groups is 4. The molecule has 2 aromatic rings. The Labute approximate surface area is 204 Å². The minimum Gasteiger partial charge on any atom is -0.489 e. The van der Waals surface area contributed by atoms with Gasteiger partial charge in [-0.05, 0) is 42.8 Å². The van der Waals surface area contributed by atoms with E-state index in [0.717, 1.165) is 25.2 Å². The number of rotatable bonds is 10. The molecule has 4 rings (SSSR count). The molecule has 0 radical (unpaired) electrons. The van der Waals surface area contributed by atoms with Crippen LogP contribution in [0.5, 0.6) is 5.75 Å². The van der Waals surface area contributed by atoms with Gasteiger partial charge in [-0.3, -0.25) is 24.1 Å². The van der Waals surface area contributed by atoms with Crippen LogP contribution in [-0.4, -0.2) is 58.2 Å². The largest absolute Gasteiger partial charge is 0.489 e. The van der Waals surface area contributed by atoms with E-state index in [0.29, 0.717) is 28.5 Å². The number of ether oxygens (including phenoxy) is 1. The third-order valence-electron chi connectivity index (χ3n) is 6.54. The van der Waals surface area contributed by atoms with Gasteiger partial charge in [0.1, 0.15) is 18.4 Å². The van der Waals surface area contributed by atoms with E-state index in [1.165, 1.54) is 10.5 Å². The van der Waals surface area contributed by atoms with Gasteiger partial charge in [0.2, 0.25) is 0 Å². The SMILES string of the molecule is CCN(CC)Cc1ccc(COc2cccc3c2CN(C2CCC(=O)N(OC=O)C2=O)C3=O)cc1. The average molecular weight is 480 g/mol. The van der Waals surface area contributed by atoms with E-state index in [-0.39, 0.29) is 31.8 Å². The van der Waals surface area contributed by atoms with Crippen LogP contribution in [0.15, 0.2) is 42.5 Å². The second-order valence-electron chi connectivity index (χ2n) is 8.56.